The van der Waals surface area contributed by atoms with Crippen molar-refractivity contribution in [3.63, 3.8) is 0 Å². The van der Waals surface area contributed by atoms with Crippen LogP contribution in [-0.2, 0) is 4.79 Å². The average Bonchev–Trinajstić information content (AvgIpc) is 2.31. The van der Waals surface area contributed by atoms with Crippen LogP contribution < -0.4 is 5.73 Å². The molecule has 1 heterocycles. The number of carbonyl (C=O) groups excluding carboxylic acids is 2. The third-order valence-electron chi connectivity index (χ3n) is 2.55. The second kappa shape index (κ2) is 4.19. The van der Waals surface area contributed by atoms with Crippen LogP contribution in [0, 0.1) is 0 Å². The van der Waals surface area contributed by atoms with Crippen LogP contribution in [0.1, 0.15) is 10.4 Å². The number of quaternary nitrogens is 1. The Bertz CT molecular complexity index is 586. The van der Waals surface area contributed by atoms with Crippen LogP contribution in [-0.4, -0.2) is 36.0 Å². The Kier molecular flexibility index (Phi) is 2.84. The summed E-state index contributed by atoms with van der Waals surface area (Å²) in [5, 5.41) is 4.13. The van der Waals surface area contributed by atoms with Crippen molar-refractivity contribution in [2.45, 2.75) is 0 Å². The summed E-state index contributed by atoms with van der Waals surface area (Å²) in [4.78, 5) is 23.9. The summed E-state index contributed by atoms with van der Waals surface area (Å²) in [6.45, 7) is 0. The van der Waals surface area contributed by atoms with E-state index in [1.54, 1.807) is 38.5 Å². The zero-order valence-corrected chi connectivity index (χ0v) is 10.3. The van der Waals surface area contributed by atoms with Gasteiger partial charge in [0.1, 0.15) is 6.20 Å². The monoisotopic (exact) mass is 244 g/mol. The van der Waals surface area contributed by atoms with Crippen molar-refractivity contribution in [3.8, 4) is 0 Å². The molecule has 0 saturated heterocycles. The molecule has 0 amide bonds. The Morgan fingerprint density at radius 2 is 2.06 bits per heavy atom. The van der Waals surface area contributed by atoms with E-state index in [0.29, 0.717) is 11.3 Å². The van der Waals surface area contributed by atoms with Gasteiger partial charge < -0.3 is 5.73 Å². The highest BCUT2D eigenvalue weighted by Gasteiger charge is 2.29. The van der Waals surface area contributed by atoms with Gasteiger partial charge in [0.2, 0.25) is 17.3 Å². The largest absolute Gasteiger partial charge is 0.399 e. The fourth-order valence-corrected chi connectivity index (χ4v) is 1.64. The molecular weight excluding hydrogens is 230 g/mol. The Labute approximate surface area is 105 Å². The van der Waals surface area contributed by atoms with Crippen LogP contribution in [0.4, 0.5) is 5.69 Å². The van der Waals surface area contributed by atoms with Gasteiger partial charge in [-0.3, -0.25) is 9.59 Å². The number of anilines is 1. The molecule has 5 nitrogen and oxygen atoms in total. The van der Waals surface area contributed by atoms with Gasteiger partial charge in [-0.2, -0.15) is 4.59 Å². The summed E-state index contributed by atoms with van der Waals surface area (Å²) in [6, 6.07) is 6.51. The van der Waals surface area contributed by atoms with Gasteiger partial charge in [-0.15, -0.1) is 0 Å². The molecule has 0 bridgehead atoms. The SMILES string of the molecule is C[N+]1(C)C=CC(=O)C(C(=O)c2cccc(N)c2)=N1. The zero-order valence-electron chi connectivity index (χ0n) is 10.3. The van der Waals surface area contributed by atoms with Gasteiger partial charge in [0.15, 0.2) is 0 Å². The van der Waals surface area contributed by atoms with Gasteiger partial charge in [0, 0.05) is 17.3 Å². The lowest BCUT2D eigenvalue weighted by atomic mass is 10.0. The summed E-state index contributed by atoms with van der Waals surface area (Å²) < 4.78 is 0.120. The third kappa shape index (κ3) is 2.36. The fraction of sp³-hybridized carbons (Fsp3) is 0.154. The first-order valence-corrected chi connectivity index (χ1v) is 5.47. The number of nitrogen functional groups attached to an aromatic ring is 1. The van der Waals surface area contributed by atoms with Crippen molar-refractivity contribution in [3.05, 3.63) is 42.1 Å². The molecule has 1 aromatic rings. The number of hydrogen-bond donors (Lipinski definition) is 1. The molecule has 1 aromatic carbocycles. The Hall–Kier alpha value is -2.27. The van der Waals surface area contributed by atoms with Crippen LogP contribution in [0.5, 0.6) is 0 Å². The number of ketones is 2. The van der Waals surface area contributed by atoms with Gasteiger partial charge in [-0.05, 0) is 12.1 Å². The first-order valence-electron chi connectivity index (χ1n) is 5.47. The molecule has 0 fully saturated rings. The summed E-state index contributed by atoms with van der Waals surface area (Å²) in [7, 11) is 3.55. The minimum absolute atomic E-state index is 0.0619. The average molecular weight is 244 g/mol. The number of allylic oxidation sites excluding steroid dienone is 1. The van der Waals surface area contributed by atoms with E-state index < -0.39 is 5.78 Å². The summed E-state index contributed by atoms with van der Waals surface area (Å²) in [6.07, 6.45) is 2.99. The van der Waals surface area contributed by atoms with E-state index >= 15 is 0 Å². The van der Waals surface area contributed by atoms with Crippen LogP contribution in [0.25, 0.3) is 0 Å². The molecule has 0 radical (unpaired) electrons. The van der Waals surface area contributed by atoms with Gasteiger partial charge in [-0.25, -0.2) is 0 Å². The minimum Gasteiger partial charge on any atom is -0.399 e. The Balaban J connectivity index is 2.40. The van der Waals surface area contributed by atoms with Crippen molar-refractivity contribution >= 4 is 23.0 Å². The van der Waals surface area contributed by atoms with Crippen molar-refractivity contribution < 1.29 is 14.2 Å². The maximum absolute atomic E-state index is 12.2. The Morgan fingerprint density at radius 3 is 2.72 bits per heavy atom. The molecule has 92 valence electrons. The molecule has 1 aliphatic rings. The standard InChI is InChI=1S/C13H14N3O2/c1-16(2)7-6-11(17)12(15-16)13(18)9-4-3-5-10(14)8-9/h3-8H,14H2,1-2H3/q+1. The van der Waals surface area contributed by atoms with Crippen molar-refractivity contribution in [1.29, 1.82) is 0 Å². The first kappa shape index (κ1) is 12.2. The van der Waals surface area contributed by atoms with E-state index in [9.17, 15) is 9.59 Å². The number of rotatable bonds is 2. The highest BCUT2D eigenvalue weighted by atomic mass is 16.2. The molecule has 2 rings (SSSR count). The van der Waals surface area contributed by atoms with E-state index in [2.05, 4.69) is 5.10 Å². The van der Waals surface area contributed by atoms with Crippen molar-refractivity contribution in [2.75, 3.05) is 19.8 Å². The summed E-state index contributed by atoms with van der Waals surface area (Å²) in [5.41, 5.74) is 6.41. The van der Waals surface area contributed by atoms with Crippen molar-refractivity contribution in [2.24, 2.45) is 5.10 Å². The van der Waals surface area contributed by atoms with Gasteiger partial charge in [0.05, 0.1) is 14.1 Å². The van der Waals surface area contributed by atoms with Crippen LogP contribution in [0.2, 0.25) is 0 Å². The molecule has 0 spiro atoms. The molecule has 1 aliphatic heterocycles. The number of nitrogens with zero attached hydrogens (tertiary/aromatic N) is 2. The predicted molar refractivity (Wildman–Crippen MR) is 68.9 cm³/mol. The second-order valence-corrected chi connectivity index (χ2v) is 4.56. The fourth-order valence-electron chi connectivity index (χ4n) is 1.64. The van der Waals surface area contributed by atoms with Crippen molar-refractivity contribution in [1.82, 2.24) is 0 Å². The smallest absolute Gasteiger partial charge is 0.220 e. The lowest BCUT2D eigenvalue weighted by Gasteiger charge is -2.20. The van der Waals surface area contributed by atoms with E-state index in [1.807, 2.05) is 0 Å². The third-order valence-corrected chi connectivity index (χ3v) is 2.55. The van der Waals surface area contributed by atoms with E-state index in [0.717, 1.165) is 0 Å². The maximum atomic E-state index is 12.2. The quantitative estimate of drug-likeness (QED) is 0.479. The van der Waals surface area contributed by atoms with Gasteiger partial charge in [-0.1, -0.05) is 17.2 Å². The zero-order chi connectivity index (χ0) is 13.3. The highest BCUT2D eigenvalue weighted by molar-refractivity contribution is 6.71. The molecule has 0 aliphatic carbocycles. The number of hydrogen-bond acceptors (Lipinski definition) is 4. The topological polar surface area (TPSA) is 72.5 Å². The normalized spacial score (nSPS) is 17.4. The van der Waals surface area contributed by atoms with Crippen LogP contribution in [0.3, 0.4) is 0 Å². The molecule has 0 aromatic heterocycles. The van der Waals surface area contributed by atoms with E-state index in [-0.39, 0.29) is 16.1 Å². The second-order valence-electron chi connectivity index (χ2n) is 4.56. The van der Waals surface area contributed by atoms with E-state index in [4.69, 9.17) is 5.73 Å². The number of carbonyl (C=O) groups is 2. The molecule has 18 heavy (non-hydrogen) atoms. The molecule has 0 saturated carbocycles. The van der Waals surface area contributed by atoms with Crippen LogP contribution >= 0.6 is 0 Å². The molecular formula is C13H14N3O2+. The molecule has 0 atom stereocenters. The minimum atomic E-state index is -0.400. The molecule has 0 unspecified atom stereocenters. The molecule has 5 heteroatoms. The van der Waals surface area contributed by atoms with E-state index in [1.165, 1.54) is 12.1 Å². The Morgan fingerprint density at radius 1 is 1.33 bits per heavy atom. The lowest BCUT2D eigenvalue weighted by molar-refractivity contribution is -0.845. The number of nitrogens with two attached hydrogens (primary N) is 1. The van der Waals surface area contributed by atoms with Gasteiger partial charge in [0.25, 0.3) is 0 Å². The summed E-state index contributed by atoms with van der Waals surface area (Å²) in [5.74, 6) is -0.775. The summed E-state index contributed by atoms with van der Waals surface area (Å²) >= 11 is 0. The number of Topliss-reactive ketones (excluding diaryl/α,β-unsaturated/α-hetero) is 1. The van der Waals surface area contributed by atoms with Gasteiger partial charge >= 0.3 is 0 Å². The number of benzene rings is 1. The maximum Gasteiger partial charge on any atom is 0.220 e. The molecule has 2 N–H and O–H groups in total. The first-order chi connectivity index (χ1) is 8.39. The highest BCUT2D eigenvalue weighted by Crippen LogP contribution is 2.13. The van der Waals surface area contributed by atoms with Crippen LogP contribution in [0.15, 0.2) is 41.6 Å². The predicted octanol–water partition coefficient (Wildman–Crippen LogP) is 0.980. The lowest BCUT2D eigenvalue weighted by Crippen LogP contribution is -2.37.